The number of carboxylic acids is 1. The van der Waals surface area contributed by atoms with Crippen LogP contribution in [0.1, 0.15) is 34.6 Å². The highest BCUT2D eigenvalue weighted by Crippen LogP contribution is 2.37. The Kier molecular flexibility index (Phi) is 5.05. The van der Waals surface area contributed by atoms with Gasteiger partial charge in [0.25, 0.3) is 0 Å². The first-order valence-electron chi connectivity index (χ1n) is 10.7. The minimum absolute atomic E-state index is 0.0797. The normalized spacial score (nSPS) is 14.9. The number of carbonyl (C=O) groups is 1. The second kappa shape index (κ2) is 8.04. The number of carboxylic acid groups (broad SMARTS) is 1. The van der Waals surface area contributed by atoms with Crippen molar-refractivity contribution in [3.05, 3.63) is 83.2 Å². The molecule has 32 heavy (non-hydrogen) atoms. The number of nitrogens with one attached hydrogen (secondary N) is 1. The van der Waals surface area contributed by atoms with E-state index in [2.05, 4.69) is 53.0 Å². The van der Waals surface area contributed by atoms with Crippen molar-refractivity contribution in [3.63, 3.8) is 0 Å². The van der Waals surface area contributed by atoms with E-state index in [0.717, 1.165) is 33.7 Å². The van der Waals surface area contributed by atoms with Crippen LogP contribution in [0.5, 0.6) is 5.75 Å². The Morgan fingerprint density at radius 3 is 2.88 bits per heavy atom. The first kappa shape index (κ1) is 20.1. The molecule has 3 aromatic carbocycles. The molecule has 0 spiro atoms. The Labute approximate surface area is 186 Å². The van der Waals surface area contributed by atoms with E-state index in [1.807, 2.05) is 36.7 Å². The molecule has 6 nitrogen and oxygen atoms in total. The van der Waals surface area contributed by atoms with Gasteiger partial charge in [-0.1, -0.05) is 30.3 Å². The van der Waals surface area contributed by atoms with E-state index in [1.54, 1.807) is 0 Å². The fourth-order valence-electron chi connectivity index (χ4n) is 4.51. The first-order valence-corrected chi connectivity index (χ1v) is 10.7. The molecule has 0 fully saturated rings. The quantitative estimate of drug-likeness (QED) is 0.442. The number of hydrogen-bond donors (Lipinski definition) is 2. The van der Waals surface area contributed by atoms with Gasteiger partial charge in [0.2, 0.25) is 0 Å². The zero-order valence-corrected chi connectivity index (χ0v) is 18.1. The van der Waals surface area contributed by atoms with E-state index < -0.39 is 5.97 Å². The zero-order chi connectivity index (χ0) is 22.2. The van der Waals surface area contributed by atoms with Crippen molar-refractivity contribution in [2.45, 2.75) is 32.7 Å². The number of imidazole rings is 1. The maximum Gasteiger partial charge on any atom is 0.304 e. The third-order valence-electron chi connectivity index (χ3n) is 6.24. The summed E-state index contributed by atoms with van der Waals surface area (Å²) in [6.45, 7) is 5.34. The molecule has 4 aromatic rings. The molecule has 1 aliphatic heterocycles. The largest absolute Gasteiger partial charge is 0.493 e. The van der Waals surface area contributed by atoms with Crippen molar-refractivity contribution in [2.75, 3.05) is 11.9 Å². The zero-order valence-electron chi connectivity index (χ0n) is 18.1. The number of aromatic nitrogens is 2. The van der Waals surface area contributed by atoms with Crippen molar-refractivity contribution >= 4 is 22.7 Å². The van der Waals surface area contributed by atoms with Crippen LogP contribution in [0.4, 0.5) is 5.69 Å². The van der Waals surface area contributed by atoms with Crippen molar-refractivity contribution in [2.24, 2.45) is 0 Å². The summed E-state index contributed by atoms with van der Waals surface area (Å²) in [6.07, 6.45) is 1.98. The summed E-state index contributed by atoms with van der Waals surface area (Å²) >= 11 is 0. The molecular formula is C26H25N3O3. The summed E-state index contributed by atoms with van der Waals surface area (Å²) in [4.78, 5) is 15.6. The summed E-state index contributed by atoms with van der Waals surface area (Å²) < 4.78 is 7.90. The number of aliphatic carboxylic acids is 1. The molecule has 1 aromatic heterocycles. The van der Waals surface area contributed by atoms with Crippen LogP contribution in [-0.2, 0) is 11.3 Å². The molecule has 0 radical (unpaired) electrons. The molecule has 0 saturated heterocycles. The van der Waals surface area contributed by atoms with Crippen molar-refractivity contribution < 1.29 is 14.6 Å². The fourth-order valence-corrected chi connectivity index (χ4v) is 4.51. The Bertz CT molecular complexity index is 1330. The number of anilines is 1. The molecule has 0 amide bonds. The average Bonchev–Trinajstić information content (AvgIpc) is 3.38. The second-order valence-corrected chi connectivity index (χ2v) is 8.33. The number of fused-ring (bicyclic) bond motifs is 2. The van der Waals surface area contributed by atoms with E-state index in [1.165, 1.54) is 16.7 Å². The van der Waals surface area contributed by atoms with Crippen LogP contribution in [0.3, 0.4) is 0 Å². The molecule has 6 heteroatoms. The summed E-state index contributed by atoms with van der Waals surface area (Å²) in [6, 6.07) is 18.4. The van der Waals surface area contributed by atoms with Gasteiger partial charge in [-0.3, -0.25) is 9.36 Å². The van der Waals surface area contributed by atoms with Crippen LogP contribution >= 0.6 is 0 Å². The Hall–Kier alpha value is -3.80. The summed E-state index contributed by atoms with van der Waals surface area (Å²) in [5.74, 6) is -0.110. The van der Waals surface area contributed by atoms with Crippen LogP contribution in [0.15, 0.2) is 60.9 Å². The van der Waals surface area contributed by atoms with E-state index in [9.17, 15) is 4.79 Å². The lowest BCUT2D eigenvalue weighted by molar-refractivity contribution is -0.137. The monoisotopic (exact) mass is 427 g/mol. The lowest BCUT2D eigenvalue weighted by atomic mass is 9.98. The molecule has 0 bridgehead atoms. The fraction of sp³-hybridized carbons (Fsp3) is 0.231. The SMILES string of the molecule is Cc1c(CNc2ccc3c(c2)OC[C@H]3CC(=O)O)cccc1-n1cnc2cccc(C)c21. The van der Waals surface area contributed by atoms with Crippen molar-refractivity contribution in [1.29, 1.82) is 0 Å². The first-order chi connectivity index (χ1) is 15.5. The van der Waals surface area contributed by atoms with Gasteiger partial charge in [0, 0.05) is 29.8 Å². The average molecular weight is 428 g/mol. The number of aryl methyl sites for hydroxylation is 1. The predicted octanol–water partition coefficient (Wildman–Crippen LogP) is 5.21. The van der Waals surface area contributed by atoms with Gasteiger partial charge in [0.1, 0.15) is 12.1 Å². The maximum absolute atomic E-state index is 11.1. The van der Waals surface area contributed by atoms with Crippen LogP contribution in [0.2, 0.25) is 0 Å². The van der Waals surface area contributed by atoms with Crippen molar-refractivity contribution in [1.82, 2.24) is 9.55 Å². The highest BCUT2D eigenvalue weighted by molar-refractivity contribution is 5.81. The van der Waals surface area contributed by atoms with E-state index in [4.69, 9.17) is 9.84 Å². The number of hydrogen-bond acceptors (Lipinski definition) is 4. The van der Waals surface area contributed by atoms with Crippen molar-refractivity contribution in [3.8, 4) is 11.4 Å². The van der Waals surface area contributed by atoms with Gasteiger partial charge in [0.15, 0.2) is 0 Å². The molecule has 0 unspecified atom stereocenters. The summed E-state index contributed by atoms with van der Waals surface area (Å²) in [5.41, 5.74) is 8.76. The molecule has 1 aliphatic rings. The van der Waals surface area contributed by atoms with Crippen LogP contribution in [0.25, 0.3) is 16.7 Å². The van der Waals surface area contributed by atoms with Gasteiger partial charge < -0.3 is 15.2 Å². The van der Waals surface area contributed by atoms with Crippen LogP contribution in [-0.4, -0.2) is 27.2 Å². The number of rotatable bonds is 6. The number of para-hydroxylation sites is 1. The van der Waals surface area contributed by atoms with Gasteiger partial charge in [0.05, 0.1) is 29.7 Å². The highest BCUT2D eigenvalue weighted by Gasteiger charge is 2.26. The summed E-state index contributed by atoms with van der Waals surface area (Å²) in [7, 11) is 0. The molecule has 162 valence electrons. The van der Waals surface area contributed by atoms with E-state index in [0.29, 0.717) is 13.2 Å². The number of ether oxygens (including phenoxy) is 1. The third kappa shape index (κ3) is 3.58. The molecule has 0 saturated carbocycles. The van der Waals surface area contributed by atoms with Gasteiger partial charge in [-0.15, -0.1) is 0 Å². The van der Waals surface area contributed by atoms with E-state index in [-0.39, 0.29) is 12.3 Å². The smallest absolute Gasteiger partial charge is 0.304 e. The number of benzene rings is 3. The van der Waals surface area contributed by atoms with Crippen LogP contribution < -0.4 is 10.1 Å². The topological polar surface area (TPSA) is 76.4 Å². The predicted molar refractivity (Wildman–Crippen MR) is 125 cm³/mol. The van der Waals surface area contributed by atoms with Gasteiger partial charge >= 0.3 is 5.97 Å². The highest BCUT2D eigenvalue weighted by atomic mass is 16.5. The minimum Gasteiger partial charge on any atom is -0.493 e. The van der Waals surface area contributed by atoms with Gasteiger partial charge in [-0.05, 0) is 48.7 Å². The lowest BCUT2D eigenvalue weighted by Crippen LogP contribution is -2.07. The van der Waals surface area contributed by atoms with Gasteiger partial charge in [-0.25, -0.2) is 4.98 Å². The Morgan fingerprint density at radius 2 is 2.03 bits per heavy atom. The third-order valence-corrected chi connectivity index (χ3v) is 6.24. The number of nitrogens with zero attached hydrogens (tertiary/aromatic N) is 2. The molecule has 2 heterocycles. The molecule has 5 rings (SSSR count). The van der Waals surface area contributed by atoms with Gasteiger partial charge in [-0.2, -0.15) is 0 Å². The summed E-state index contributed by atoms with van der Waals surface area (Å²) in [5, 5.41) is 12.6. The molecule has 0 aliphatic carbocycles. The molecule has 1 atom stereocenters. The van der Waals surface area contributed by atoms with E-state index >= 15 is 0 Å². The maximum atomic E-state index is 11.1. The van der Waals surface area contributed by atoms with Crippen LogP contribution in [0, 0.1) is 13.8 Å². The second-order valence-electron chi connectivity index (χ2n) is 8.33. The standard InChI is InChI=1S/C26H25N3O3/c1-16-5-3-7-22-26(16)29(15-28-22)23-8-4-6-18(17(23)2)13-27-20-9-10-21-19(11-25(30)31)14-32-24(21)12-20/h3-10,12,15,19,27H,11,13-14H2,1-2H3,(H,30,31)/t19-/m1/s1. The lowest BCUT2D eigenvalue weighted by Gasteiger charge is -2.15. The molecule has 2 N–H and O–H groups in total. The molecular weight excluding hydrogens is 402 g/mol. The Balaban J connectivity index is 1.38. The Morgan fingerprint density at radius 1 is 1.19 bits per heavy atom. The minimum atomic E-state index is -0.801.